The average molecular weight is 266 g/mol. The molecule has 2 aromatic rings. The quantitative estimate of drug-likeness (QED) is 0.837. The Kier molecular flexibility index (Phi) is 3.34. The number of hydrogen-bond donors (Lipinski definition) is 1. The van der Waals surface area contributed by atoms with Gasteiger partial charge in [0.2, 0.25) is 5.91 Å². The zero-order valence-electron chi connectivity index (χ0n) is 9.98. The van der Waals surface area contributed by atoms with E-state index in [0.717, 1.165) is 0 Å². The second kappa shape index (κ2) is 4.78. The maximum Gasteiger partial charge on any atom is 0.260 e. The third kappa shape index (κ3) is 2.36. The maximum atomic E-state index is 11.8. The largest absolute Gasteiger partial charge is 0.325 e. The number of aromatic nitrogens is 2. The van der Waals surface area contributed by atoms with Crippen molar-refractivity contribution in [2.75, 3.05) is 5.32 Å². The minimum absolute atomic E-state index is 0.122. The smallest absolute Gasteiger partial charge is 0.260 e. The lowest BCUT2D eigenvalue weighted by molar-refractivity contribution is -0.115. The highest BCUT2D eigenvalue weighted by Crippen LogP contribution is 2.15. The fraction of sp³-hybridized carbons (Fsp3) is 0.250. The summed E-state index contributed by atoms with van der Waals surface area (Å²) in [6.07, 6.45) is 1.44. The van der Waals surface area contributed by atoms with Crippen LogP contribution >= 0.6 is 11.6 Å². The standard InChI is InChI=1S/C12H12ClN3O2/c1-7(13)11(17)15-8-3-4-9-10(5-8)14-6-16(2)12(9)18/h3-7H,1-2H3,(H,15,17). The lowest BCUT2D eigenvalue weighted by atomic mass is 10.2. The molecule has 0 aliphatic carbocycles. The molecule has 0 saturated carbocycles. The number of anilines is 1. The molecule has 1 aromatic carbocycles. The highest BCUT2D eigenvalue weighted by molar-refractivity contribution is 6.32. The second-order valence-corrected chi connectivity index (χ2v) is 4.65. The molecule has 1 aromatic heterocycles. The molecule has 18 heavy (non-hydrogen) atoms. The van der Waals surface area contributed by atoms with Crippen LogP contribution in [0.15, 0.2) is 29.3 Å². The molecule has 5 nitrogen and oxygen atoms in total. The Labute approximate surface area is 108 Å². The number of hydrogen-bond acceptors (Lipinski definition) is 3. The van der Waals surface area contributed by atoms with Gasteiger partial charge in [0, 0.05) is 12.7 Å². The van der Waals surface area contributed by atoms with Gasteiger partial charge < -0.3 is 9.88 Å². The zero-order chi connectivity index (χ0) is 13.3. The van der Waals surface area contributed by atoms with Crippen molar-refractivity contribution >= 4 is 34.1 Å². The highest BCUT2D eigenvalue weighted by Gasteiger charge is 2.10. The average Bonchev–Trinajstić information content (AvgIpc) is 2.34. The van der Waals surface area contributed by atoms with E-state index in [1.165, 1.54) is 10.9 Å². The molecule has 2 rings (SSSR count). The number of aryl methyl sites for hydroxylation is 1. The topological polar surface area (TPSA) is 64.0 Å². The van der Waals surface area contributed by atoms with Crippen molar-refractivity contribution in [2.45, 2.75) is 12.3 Å². The number of nitrogens with zero attached hydrogens (tertiary/aromatic N) is 2. The Morgan fingerprint density at radius 2 is 2.22 bits per heavy atom. The zero-order valence-corrected chi connectivity index (χ0v) is 10.7. The van der Waals surface area contributed by atoms with Gasteiger partial charge in [-0.15, -0.1) is 11.6 Å². The molecule has 1 N–H and O–H groups in total. The first-order valence-electron chi connectivity index (χ1n) is 5.39. The van der Waals surface area contributed by atoms with Crippen molar-refractivity contribution in [3.05, 3.63) is 34.9 Å². The van der Waals surface area contributed by atoms with Crippen LogP contribution in [0.4, 0.5) is 5.69 Å². The van der Waals surface area contributed by atoms with E-state index in [9.17, 15) is 9.59 Å². The van der Waals surface area contributed by atoms with Crippen molar-refractivity contribution in [1.82, 2.24) is 9.55 Å². The molecule has 0 radical (unpaired) electrons. The first-order valence-corrected chi connectivity index (χ1v) is 5.83. The fourth-order valence-corrected chi connectivity index (χ4v) is 1.58. The van der Waals surface area contributed by atoms with Crippen molar-refractivity contribution in [2.24, 2.45) is 7.05 Å². The van der Waals surface area contributed by atoms with Crippen molar-refractivity contribution in [3.63, 3.8) is 0 Å². The van der Waals surface area contributed by atoms with E-state index in [4.69, 9.17) is 11.6 Å². The first kappa shape index (κ1) is 12.6. The Balaban J connectivity index is 2.43. The molecule has 0 aliphatic rings. The van der Waals surface area contributed by atoms with Crippen LogP contribution in [0.1, 0.15) is 6.92 Å². The molecule has 1 amide bonds. The van der Waals surface area contributed by atoms with Crippen LogP contribution in [0.25, 0.3) is 10.9 Å². The molecule has 1 atom stereocenters. The Morgan fingerprint density at radius 1 is 1.50 bits per heavy atom. The summed E-state index contributed by atoms with van der Waals surface area (Å²) in [6.45, 7) is 1.59. The Hall–Kier alpha value is -1.88. The van der Waals surface area contributed by atoms with Crippen LogP contribution in [-0.4, -0.2) is 20.8 Å². The molecule has 0 spiro atoms. The van der Waals surface area contributed by atoms with Crippen LogP contribution in [0, 0.1) is 0 Å². The lowest BCUT2D eigenvalue weighted by Crippen LogP contribution is -2.20. The third-order valence-electron chi connectivity index (χ3n) is 2.55. The Bertz CT molecular complexity index is 664. The minimum atomic E-state index is -0.614. The van der Waals surface area contributed by atoms with Crippen LogP contribution < -0.4 is 10.9 Å². The molecular formula is C12H12ClN3O2. The van der Waals surface area contributed by atoms with E-state index in [1.54, 1.807) is 32.2 Å². The molecule has 1 heterocycles. The van der Waals surface area contributed by atoms with Gasteiger partial charge in [0.1, 0.15) is 5.38 Å². The fourth-order valence-electron chi connectivity index (χ4n) is 1.53. The maximum absolute atomic E-state index is 11.8. The van der Waals surface area contributed by atoms with Crippen LogP contribution in [-0.2, 0) is 11.8 Å². The van der Waals surface area contributed by atoms with Crippen molar-refractivity contribution < 1.29 is 4.79 Å². The number of amides is 1. The first-order chi connectivity index (χ1) is 8.49. The summed E-state index contributed by atoms with van der Waals surface area (Å²) in [5.74, 6) is -0.292. The minimum Gasteiger partial charge on any atom is -0.325 e. The number of rotatable bonds is 2. The number of alkyl halides is 1. The number of carbonyl (C=O) groups excluding carboxylic acids is 1. The van der Waals surface area contributed by atoms with Crippen LogP contribution in [0.3, 0.4) is 0 Å². The summed E-state index contributed by atoms with van der Waals surface area (Å²) >= 11 is 5.66. The van der Waals surface area contributed by atoms with E-state index in [2.05, 4.69) is 10.3 Å². The molecule has 6 heteroatoms. The molecule has 0 saturated heterocycles. The van der Waals surface area contributed by atoms with Crippen LogP contribution in [0.5, 0.6) is 0 Å². The van der Waals surface area contributed by atoms with Gasteiger partial charge in [0.15, 0.2) is 0 Å². The number of benzene rings is 1. The molecular weight excluding hydrogens is 254 g/mol. The predicted octanol–water partition coefficient (Wildman–Crippen LogP) is 1.50. The van der Waals surface area contributed by atoms with Gasteiger partial charge in [-0.3, -0.25) is 9.59 Å². The Morgan fingerprint density at radius 3 is 2.89 bits per heavy atom. The molecule has 94 valence electrons. The number of carbonyl (C=O) groups is 1. The summed E-state index contributed by atoms with van der Waals surface area (Å²) in [5, 5.41) is 2.55. The monoisotopic (exact) mass is 265 g/mol. The molecule has 1 unspecified atom stereocenters. The summed E-state index contributed by atoms with van der Waals surface area (Å²) in [6, 6.07) is 4.94. The molecule has 0 aliphatic heterocycles. The number of halogens is 1. The van der Waals surface area contributed by atoms with E-state index in [1.807, 2.05) is 0 Å². The van der Waals surface area contributed by atoms with Gasteiger partial charge >= 0.3 is 0 Å². The summed E-state index contributed by atoms with van der Waals surface area (Å²) in [4.78, 5) is 27.4. The molecule has 0 fully saturated rings. The van der Waals surface area contributed by atoms with Gasteiger partial charge in [0.05, 0.1) is 17.2 Å². The number of fused-ring (bicyclic) bond motifs is 1. The normalized spacial score (nSPS) is 12.4. The van der Waals surface area contributed by atoms with Crippen molar-refractivity contribution in [1.29, 1.82) is 0 Å². The summed E-state index contributed by atoms with van der Waals surface area (Å²) in [5.41, 5.74) is 0.988. The molecule has 0 bridgehead atoms. The van der Waals surface area contributed by atoms with Gasteiger partial charge in [-0.1, -0.05) is 0 Å². The van der Waals surface area contributed by atoms with Crippen LogP contribution in [0.2, 0.25) is 0 Å². The SMILES string of the molecule is CC(Cl)C(=O)Nc1ccc2c(=O)n(C)cnc2c1. The predicted molar refractivity (Wildman–Crippen MR) is 70.9 cm³/mol. The van der Waals surface area contributed by atoms with Gasteiger partial charge in [-0.2, -0.15) is 0 Å². The van der Waals surface area contributed by atoms with Gasteiger partial charge in [-0.25, -0.2) is 4.98 Å². The third-order valence-corrected chi connectivity index (χ3v) is 2.75. The number of nitrogens with one attached hydrogen (secondary N) is 1. The van der Waals surface area contributed by atoms with Gasteiger partial charge in [-0.05, 0) is 25.1 Å². The summed E-state index contributed by atoms with van der Waals surface area (Å²) in [7, 11) is 1.64. The van der Waals surface area contributed by atoms with Gasteiger partial charge in [0.25, 0.3) is 5.56 Å². The van der Waals surface area contributed by atoms with E-state index >= 15 is 0 Å². The second-order valence-electron chi connectivity index (χ2n) is 4.00. The van der Waals surface area contributed by atoms with E-state index in [0.29, 0.717) is 16.6 Å². The lowest BCUT2D eigenvalue weighted by Gasteiger charge is -2.07. The van der Waals surface area contributed by atoms with E-state index < -0.39 is 5.38 Å². The highest BCUT2D eigenvalue weighted by atomic mass is 35.5. The summed E-state index contributed by atoms with van der Waals surface area (Å²) < 4.78 is 1.40. The van der Waals surface area contributed by atoms with E-state index in [-0.39, 0.29) is 11.5 Å². The van der Waals surface area contributed by atoms with Crippen molar-refractivity contribution in [3.8, 4) is 0 Å².